The number of hydrogen-bond acceptors (Lipinski definition) is 4. The number of carbonyl (C=O) groups is 1. The van der Waals surface area contributed by atoms with Crippen molar-refractivity contribution in [1.29, 1.82) is 0 Å². The van der Waals surface area contributed by atoms with Gasteiger partial charge in [0.15, 0.2) is 0 Å². The van der Waals surface area contributed by atoms with Crippen molar-refractivity contribution in [3.05, 3.63) is 33.9 Å². The Bertz CT molecular complexity index is 531. The molecule has 1 aromatic carbocycles. The first kappa shape index (κ1) is 14.6. The van der Waals surface area contributed by atoms with Crippen LogP contribution in [-0.4, -0.2) is 41.3 Å². The lowest BCUT2D eigenvalue weighted by atomic mass is 10.1. The number of non-ortho nitro benzene ring substituents is 1. The molecule has 0 radical (unpaired) electrons. The minimum Gasteiger partial charge on any atom is -0.496 e. The highest BCUT2D eigenvalue weighted by molar-refractivity contribution is 6.18. The summed E-state index contributed by atoms with van der Waals surface area (Å²) in [5.74, 6) is 0.377. The summed E-state index contributed by atoms with van der Waals surface area (Å²) in [6.07, 6.45) is 1.94. The van der Waals surface area contributed by atoms with E-state index in [1.807, 2.05) is 0 Å². The van der Waals surface area contributed by atoms with Gasteiger partial charge >= 0.3 is 0 Å². The molecule has 20 heavy (non-hydrogen) atoms. The van der Waals surface area contributed by atoms with Crippen molar-refractivity contribution in [3.63, 3.8) is 0 Å². The first-order chi connectivity index (χ1) is 9.58. The van der Waals surface area contributed by atoms with E-state index in [4.69, 9.17) is 16.3 Å². The fourth-order valence-corrected chi connectivity index (χ4v) is 2.23. The van der Waals surface area contributed by atoms with Crippen LogP contribution in [0.2, 0.25) is 0 Å². The maximum absolute atomic E-state index is 12.5. The molecule has 0 spiro atoms. The summed E-state index contributed by atoms with van der Waals surface area (Å²) in [5, 5.41) is 10.7. The highest BCUT2D eigenvalue weighted by Crippen LogP contribution is 2.31. The van der Waals surface area contributed by atoms with E-state index in [0.29, 0.717) is 18.0 Å². The predicted molar refractivity (Wildman–Crippen MR) is 74.4 cm³/mol. The molecule has 2 rings (SSSR count). The van der Waals surface area contributed by atoms with Crippen molar-refractivity contribution in [2.75, 3.05) is 19.5 Å². The Morgan fingerprint density at radius 2 is 2.25 bits per heavy atom. The molecule has 1 fully saturated rings. The van der Waals surface area contributed by atoms with Gasteiger partial charge in [-0.15, -0.1) is 11.6 Å². The van der Waals surface area contributed by atoms with Crippen LogP contribution >= 0.6 is 11.6 Å². The van der Waals surface area contributed by atoms with Crippen molar-refractivity contribution < 1.29 is 14.5 Å². The van der Waals surface area contributed by atoms with Gasteiger partial charge in [0.1, 0.15) is 5.75 Å². The normalized spacial score (nSPS) is 13.9. The first-order valence-electron chi connectivity index (χ1n) is 6.28. The summed E-state index contributed by atoms with van der Waals surface area (Å²) in [5.41, 5.74) is 0.226. The molecule has 0 saturated heterocycles. The monoisotopic (exact) mass is 298 g/mol. The average molecular weight is 299 g/mol. The van der Waals surface area contributed by atoms with Gasteiger partial charge in [-0.2, -0.15) is 0 Å². The summed E-state index contributed by atoms with van der Waals surface area (Å²) in [6, 6.07) is 4.23. The number of benzene rings is 1. The molecule has 0 heterocycles. The van der Waals surface area contributed by atoms with E-state index in [1.54, 1.807) is 4.90 Å². The highest BCUT2D eigenvalue weighted by Gasteiger charge is 2.33. The number of hydrogen-bond donors (Lipinski definition) is 0. The van der Waals surface area contributed by atoms with Crippen molar-refractivity contribution in [3.8, 4) is 5.75 Å². The number of rotatable bonds is 6. The van der Waals surface area contributed by atoms with E-state index < -0.39 is 4.92 Å². The lowest BCUT2D eigenvalue weighted by Crippen LogP contribution is -2.35. The number of ether oxygens (including phenoxy) is 1. The van der Waals surface area contributed by atoms with E-state index in [9.17, 15) is 14.9 Å². The Labute approximate surface area is 121 Å². The van der Waals surface area contributed by atoms with Gasteiger partial charge in [-0.1, -0.05) is 0 Å². The second kappa shape index (κ2) is 6.09. The third-order valence-electron chi connectivity index (χ3n) is 3.20. The van der Waals surface area contributed by atoms with Gasteiger partial charge in [0.05, 0.1) is 23.7 Å². The van der Waals surface area contributed by atoms with Gasteiger partial charge in [0.25, 0.3) is 11.6 Å². The van der Waals surface area contributed by atoms with Gasteiger partial charge in [-0.25, -0.2) is 0 Å². The Morgan fingerprint density at radius 1 is 1.55 bits per heavy atom. The zero-order valence-corrected chi connectivity index (χ0v) is 11.8. The van der Waals surface area contributed by atoms with Crippen LogP contribution in [-0.2, 0) is 0 Å². The van der Waals surface area contributed by atoms with Crippen LogP contribution in [0.1, 0.15) is 23.2 Å². The molecule has 1 aliphatic rings. The van der Waals surface area contributed by atoms with Crippen LogP contribution < -0.4 is 4.74 Å². The van der Waals surface area contributed by atoms with Crippen molar-refractivity contribution >= 4 is 23.2 Å². The van der Waals surface area contributed by atoms with Gasteiger partial charge in [0, 0.05) is 24.5 Å². The second-order valence-corrected chi connectivity index (χ2v) is 4.94. The molecule has 0 unspecified atom stereocenters. The molecule has 0 N–H and O–H groups in total. The molecule has 1 aromatic rings. The highest BCUT2D eigenvalue weighted by atomic mass is 35.5. The summed E-state index contributed by atoms with van der Waals surface area (Å²) in [6.45, 7) is 0.463. The summed E-state index contributed by atoms with van der Waals surface area (Å²) in [4.78, 5) is 24.4. The molecule has 108 valence electrons. The van der Waals surface area contributed by atoms with Gasteiger partial charge in [-0.05, 0) is 18.9 Å². The zero-order valence-electron chi connectivity index (χ0n) is 11.0. The third kappa shape index (κ3) is 3.01. The van der Waals surface area contributed by atoms with Crippen LogP contribution in [0, 0.1) is 10.1 Å². The van der Waals surface area contributed by atoms with Gasteiger partial charge in [-0.3, -0.25) is 14.9 Å². The van der Waals surface area contributed by atoms with E-state index in [2.05, 4.69) is 0 Å². The molecule has 0 aliphatic heterocycles. The van der Waals surface area contributed by atoms with E-state index in [1.165, 1.54) is 25.3 Å². The van der Waals surface area contributed by atoms with Crippen LogP contribution in [0.5, 0.6) is 5.75 Å². The van der Waals surface area contributed by atoms with Gasteiger partial charge < -0.3 is 9.64 Å². The van der Waals surface area contributed by atoms with Crippen molar-refractivity contribution in [2.45, 2.75) is 18.9 Å². The summed E-state index contributed by atoms with van der Waals surface area (Å²) in [7, 11) is 1.39. The summed E-state index contributed by atoms with van der Waals surface area (Å²) >= 11 is 5.73. The van der Waals surface area contributed by atoms with Crippen LogP contribution in [0.15, 0.2) is 18.2 Å². The Balaban J connectivity index is 2.30. The molecule has 0 aromatic heterocycles. The van der Waals surface area contributed by atoms with Gasteiger partial charge in [0.2, 0.25) is 0 Å². The lowest BCUT2D eigenvalue weighted by Gasteiger charge is -2.22. The quantitative estimate of drug-likeness (QED) is 0.459. The summed E-state index contributed by atoms with van der Waals surface area (Å²) < 4.78 is 5.10. The number of nitrogens with zero attached hydrogens (tertiary/aromatic N) is 2. The molecule has 0 atom stereocenters. The molecule has 1 amide bonds. The van der Waals surface area contributed by atoms with E-state index in [0.717, 1.165) is 12.8 Å². The molecule has 6 nitrogen and oxygen atoms in total. The number of methoxy groups -OCH3 is 1. The fraction of sp³-hybridized carbons (Fsp3) is 0.462. The minimum atomic E-state index is -0.520. The van der Waals surface area contributed by atoms with Crippen LogP contribution in [0.25, 0.3) is 0 Å². The third-order valence-corrected chi connectivity index (χ3v) is 3.37. The van der Waals surface area contributed by atoms with Crippen molar-refractivity contribution in [2.24, 2.45) is 0 Å². The number of carbonyl (C=O) groups excluding carboxylic acids is 1. The number of halogens is 1. The van der Waals surface area contributed by atoms with E-state index in [-0.39, 0.29) is 23.4 Å². The van der Waals surface area contributed by atoms with Crippen LogP contribution in [0.3, 0.4) is 0 Å². The largest absolute Gasteiger partial charge is 0.496 e. The zero-order chi connectivity index (χ0) is 14.7. The number of nitro groups is 1. The molecule has 7 heteroatoms. The SMILES string of the molecule is COc1cc([N+](=O)[O-])ccc1C(=O)N(CCCl)C1CC1. The van der Waals surface area contributed by atoms with E-state index >= 15 is 0 Å². The average Bonchev–Trinajstić information content (AvgIpc) is 3.27. The first-order valence-corrected chi connectivity index (χ1v) is 6.81. The molecule has 1 saturated carbocycles. The minimum absolute atomic E-state index is 0.103. The maximum Gasteiger partial charge on any atom is 0.273 e. The molecule has 0 bridgehead atoms. The number of nitro benzene ring substituents is 1. The molecular formula is C13H15ClN2O4. The maximum atomic E-state index is 12.5. The smallest absolute Gasteiger partial charge is 0.273 e. The predicted octanol–water partition coefficient (Wildman–Crippen LogP) is 2.45. The fourth-order valence-electron chi connectivity index (χ4n) is 2.05. The van der Waals surface area contributed by atoms with Crippen molar-refractivity contribution in [1.82, 2.24) is 4.90 Å². The second-order valence-electron chi connectivity index (χ2n) is 4.56. The lowest BCUT2D eigenvalue weighted by molar-refractivity contribution is -0.384. The Morgan fingerprint density at radius 3 is 2.75 bits per heavy atom. The number of alkyl halides is 1. The molecular weight excluding hydrogens is 284 g/mol. The standard InChI is InChI=1S/C13H15ClN2O4/c1-20-12-8-10(16(18)19)4-5-11(12)13(17)15(7-6-14)9-2-3-9/h4-5,8-9H,2-3,6-7H2,1H3. The molecule has 1 aliphatic carbocycles. The Hall–Kier alpha value is -1.82. The Kier molecular flexibility index (Phi) is 4.44. The topological polar surface area (TPSA) is 72.7 Å². The number of amides is 1. The van der Waals surface area contributed by atoms with Crippen LogP contribution in [0.4, 0.5) is 5.69 Å².